The summed E-state index contributed by atoms with van der Waals surface area (Å²) >= 11 is 3.13. The Labute approximate surface area is 195 Å². The van der Waals surface area contributed by atoms with Crippen molar-refractivity contribution in [3.05, 3.63) is 86.0 Å². The molecule has 2 N–H and O–H groups in total. The summed E-state index contributed by atoms with van der Waals surface area (Å²) in [4.78, 5) is 24.4. The highest BCUT2D eigenvalue weighted by molar-refractivity contribution is 9.10. The molecule has 1 amide bonds. The van der Waals surface area contributed by atoms with Crippen LogP contribution < -0.4 is 20.8 Å². The average molecular weight is 525 g/mol. The van der Waals surface area contributed by atoms with Crippen molar-refractivity contribution in [3.63, 3.8) is 0 Å². The molecule has 33 heavy (non-hydrogen) atoms. The Kier molecular flexibility index (Phi) is 7.47. The van der Waals surface area contributed by atoms with E-state index in [4.69, 9.17) is 15.2 Å². The number of ether oxygens (including phenoxy) is 2. The molecule has 174 valence electrons. The van der Waals surface area contributed by atoms with Crippen molar-refractivity contribution < 1.29 is 27.4 Å². The summed E-state index contributed by atoms with van der Waals surface area (Å²) in [6.07, 6.45) is -0.680. The van der Waals surface area contributed by atoms with Gasteiger partial charge in [0.2, 0.25) is 0 Å². The first-order chi connectivity index (χ1) is 15.6. The second-order valence-electron chi connectivity index (χ2n) is 7.13. The molecule has 2 aromatic carbocycles. The monoisotopic (exact) mass is 524 g/mol. The number of pyridine rings is 1. The molecule has 3 aromatic rings. The molecule has 0 saturated heterocycles. The molecule has 0 radical (unpaired) electrons. The zero-order valence-electron chi connectivity index (χ0n) is 17.7. The fraction of sp³-hybridized carbons (Fsp3) is 0.217. The van der Waals surface area contributed by atoms with Crippen LogP contribution in [0.2, 0.25) is 0 Å². The first kappa shape index (κ1) is 24.4. The number of halogens is 4. The first-order valence-corrected chi connectivity index (χ1v) is 10.7. The normalized spacial score (nSPS) is 11.8. The van der Waals surface area contributed by atoms with Crippen LogP contribution in [0, 0.1) is 24.4 Å². The van der Waals surface area contributed by atoms with Crippen LogP contribution in [0.3, 0.4) is 0 Å². The third kappa shape index (κ3) is 5.22. The Morgan fingerprint density at radius 3 is 2.39 bits per heavy atom. The van der Waals surface area contributed by atoms with Crippen molar-refractivity contribution in [2.45, 2.75) is 33.0 Å². The number of aryl methyl sites for hydroxylation is 1. The van der Waals surface area contributed by atoms with Crippen molar-refractivity contribution in [3.8, 4) is 17.2 Å². The Balaban J connectivity index is 1.94. The zero-order valence-corrected chi connectivity index (χ0v) is 19.3. The van der Waals surface area contributed by atoms with Crippen LogP contribution in [0.15, 0.2) is 51.7 Å². The summed E-state index contributed by atoms with van der Waals surface area (Å²) in [6, 6.07) is 8.43. The number of primary amides is 1. The molecule has 0 aliphatic carbocycles. The van der Waals surface area contributed by atoms with Crippen molar-refractivity contribution in [2.75, 3.05) is 0 Å². The van der Waals surface area contributed by atoms with Gasteiger partial charge in [-0.1, -0.05) is 13.0 Å². The summed E-state index contributed by atoms with van der Waals surface area (Å²) in [6.45, 7) is 3.04. The zero-order chi connectivity index (χ0) is 24.3. The summed E-state index contributed by atoms with van der Waals surface area (Å²) in [5.74, 6) is -2.91. The van der Waals surface area contributed by atoms with Crippen LogP contribution in [0.25, 0.3) is 5.69 Å². The Bertz CT molecular complexity index is 1240. The van der Waals surface area contributed by atoms with Gasteiger partial charge in [0.05, 0.1) is 0 Å². The lowest BCUT2D eigenvalue weighted by Crippen LogP contribution is -2.33. The van der Waals surface area contributed by atoms with Gasteiger partial charge in [-0.3, -0.25) is 14.2 Å². The molecule has 0 saturated carbocycles. The molecule has 10 heteroatoms. The maximum atomic E-state index is 14.2. The first-order valence-electron chi connectivity index (χ1n) is 9.87. The number of para-hydroxylation sites is 1. The summed E-state index contributed by atoms with van der Waals surface area (Å²) in [5, 5.41) is 0. The molecular formula is C23H20BrF3N2O4. The van der Waals surface area contributed by atoms with Crippen molar-refractivity contribution in [1.82, 2.24) is 4.57 Å². The quantitative estimate of drug-likeness (QED) is 0.468. The predicted octanol–water partition coefficient (Wildman–Crippen LogP) is 4.55. The molecule has 6 nitrogen and oxygen atoms in total. The van der Waals surface area contributed by atoms with Crippen LogP contribution >= 0.6 is 15.9 Å². The van der Waals surface area contributed by atoms with Crippen LogP contribution in [0.5, 0.6) is 11.5 Å². The van der Waals surface area contributed by atoms with E-state index < -0.39 is 40.7 Å². The minimum absolute atomic E-state index is 0.0651. The standard InChI is InChI=1S/C23H20BrF3N2O4/c1-3-17(22(28)30)33-18-10-14(25)8-7-13(18)11-32-19-9-12(2)29(23(31)20(19)24)21-15(26)5-4-6-16(21)27/h4-10,17H,3,11H2,1-2H3,(H2,28,30). The van der Waals surface area contributed by atoms with Gasteiger partial charge >= 0.3 is 0 Å². The second kappa shape index (κ2) is 10.1. The molecule has 1 aromatic heterocycles. The van der Waals surface area contributed by atoms with E-state index in [1.54, 1.807) is 6.92 Å². The number of hydrogen-bond donors (Lipinski definition) is 1. The smallest absolute Gasteiger partial charge is 0.273 e. The van der Waals surface area contributed by atoms with Gasteiger partial charge in [-0.05, 0) is 53.5 Å². The summed E-state index contributed by atoms with van der Waals surface area (Å²) in [5.41, 5.74) is 4.68. The third-order valence-corrected chi connectivity index (χ3v) is 5.56. The van der Waals surface area contributed by atoms with Crippen LogP contribution in [0.4, 0.5) is 13.2 Å². The van der Waals surface area contributed by atoms with Gasteiger partial charge in [-0.15, -0.1) is 0 Å². The van der Waals surface area contributed by atoms with Crippen molar-refractivity contribution in [1.29, 1.82) is 0 Å². The Hall–Kier alpha value is -3.27. The topological polar surface area (TPSA) is 83.6 Å². The van der Waals surface area contributed by atoms with E-state index >= 15 is 0 Å². The number of carbonyl (C=O) groups is 1. The van der Waals surface area contributed by atoms with Crippen LogP contribution in [-0.2, 0) is 11.4 Å². The van der Waals surface area contributed by atoms with E-state index in [1.807, 2.05) is 0 Å². The van der Waals surface area contributed by atoms with E-state index in [1.165, 1.54) is 31.2 Å². The van der Waals surface area contributed by atoms with Crippen LogP contribution in [-0.4, -0.2) is 16.6 Å². The summed E-state index contributed by atoms with van der Waals surface area (Å²) < 4.78 is 54.3. The molecule has 1 heterocycles. The molecule has 0 aliphatic heterocycles. The molecule has 1 atom stereocenters. The molecule has 0 aliphatic rings. The van der Waals surface area contributed by atoms with E-state index in [2.05, 4.69) is 15.9 Å². The highest BCUT2D eigenvalue weighted by Crippen LogP contribution is 2.29. The van der Waals surface area contributed by atoms with Crippen LogP contribution in [0.1, 0.15) is 24.6 Å². The number of nitrogens with two attached hydrogens (primary N) is 1. The van der Waals surface area contributed by atoms with Gasteiger partial charge in [0.1, 0.15) is 45.7 Å². The van der Waals surface area contributed by atoms with Gasteiger partial charge < -0.3 is 15.2 Å². The highest BCUT2D eigenvalue weighted by atomic mass is 79.9. The highest BCUT2D eigenvalue weighted by Gasteiger charge is 2.20. The lowest BCUT2D eigenvalue weighted by molar-refractivity contribution is -0.124. The fourth-order valence-electron chi connectivity index (χ4n) is 3.18. The van der Waals surface area contributed by atoms with E-state index in [-0.39, 0.29) is 34.7 Å². The fourth-order valence-corrected chi connectivity index (χ4v) is 3.58. The maximum absolute atomic E-state index is 14.2. The Morgan fingerprint density at radius 2 is 1.79 bits per heavy atom. The van der Waals surface area contributed by atoms with Crippen molar-refractivity contribution in [2.24, 2.45) is 5.73 Å². The van der Waals surface area contributed by atoms with E-state index in [9.17, 15) is 22.8 Å². The van der Waals surface area contributed by atoms with Gasteiger partial charge in [0.15, 0.2) is 6.10 Å². The number of rotatable bonds is 8. The molecule has 1 unspecified atom stereocenters. The molecule has 0 fully saturated rings. The summed E-state index contributed by atoms with van der Waals surface area (Å²) in [7, 11) is 0. The lowest BCUT2D eigenvalue weighted by Gasteiger charge is -2.18. The van der Waals surface area contributed by atoms with Gasteiger partial charge in [0, 0.05) is 23.4 Å². The average Bonchev–Trinajstić information content (AvgIpc) is 2.76. The number of amides is 1. The number of aromatic nitrogens is 1. The molecule has 3 rings (SSSR count). The van der Waals surface area contributed by atoms with Gasteiger partial charge in [-0.2, -0.15) is 0 Å². The van der Waals surface area contributed by atoms with E-state index in [0.717, 1.165) is 22.8 Å². The lowest BCUT2D eigenvalue weighted by atomic mass is 10.2. The number of hydrogen-bond acceptors (Lipinski definition) is 4. The largest absolute Gasteiger partial charge is 0.487 e. The molecule has 0 bridgehead atoms. The molecule has 0 spiro atoms. The minimum atomic E-state index is -0.959. The third-order valence-electron chi connectivity index (χ3n) is 4.83. The van der Waals surface area contributed by atoms with Gasteiger partial charge in [0.25, 0.3) is 11.5 Å². The number of nitrogens with zero attached hydrogens (tertiary/aromatic N) is 1. The number of benzene rings is 2. The Morgan fingerprint density at radius 1 is 1.12 bits per heavy atom. The predicted molar refractivity (Wildman–Crippen MR) is 119 cm³/mol. The second-order valence-corrected chi connectivity index (χ2v) is 7.93. The van der Waals surface area contributed by atoms with E-state index in [0.29, 0.717) is 5.56 Å². The minimum Gasteiger partial charge on any atom is -0.487 e. The van der Waals surface area contributed by atoms with Crippen molar-refractivity contribution >= 4 is 21.8 Å². The van der Waals surface area contributed by atoms with Gasteiger partial charge in [-0.25, -0.2) is 13.2 Å². The molecular weight excluding hydrogens is 505 g/mol. The SMILES string of the molecule is CCC(Oc1cc(F)ccc1COc1cc(C)n(-c2c(F)cccc2F)c(=O)c1Br)C(N)=O. The maximum Gasteiger partial charge on any atom is 0.273 e. The number of carbonyl (C=O) groups excluding carboxylic acids is 1.